The molecule has 0 aliphatic carbocycles. The minimum atomic E-state index is -0.258. The first-order valence-electron chi connectivity index (χ1n) is 10.8. The molecule has 0 radical (unpaired) electrons. The molecule has 5 aromatic rings. The van der Waals surface area contributed by atoms with Crippen LogP contribution in [-0.4, -0.2) is 20.4 Å². The maximum atomic E-state index is 13.2. The van der Waals surface area contributed by atoms with Gasteiger partial charge in [0.05, 0.1) is 28.1 Å². The summed E-state index contributed by atoms with van der Waals surface area (Å²) < 4.78 is 1.91. The van der Waals surface area contributed by atoms with Gasteiger partial charge in [0.25, 0.3) is 0 Å². The van der Waals surface area contributed by atoms with Crippen LogP contribution in [0.4, 0.5) is 0 Å². The molecule has 2 heterocycles. The standard InChI is InChI=1S/C26H24N4O2/c1-16(2)24(26-27-19-11-5-6-12-20(19)28-26)29-23(31)15-30-21-13-7-3-9-17(21)25(32)18-10-4-8-14-22(18)30/h3-14,16,24H,15H2,1-2H3,(H,27,28)(H,29,31)/t24-/m1/s1. The first kappa shape index (κ1) is 20.0. The van der Waals surface area contributed by atoms with Gasteiger partial charge in [-0.2, -0.15) is 0 Å². The Kier molecular flexibility index (Phi) is 4.98. The highest BCUT2D eigenvalue weighted by molar-refractivity contribution is 5.94. The van der Waals surface area contributed by atoms with E-state index >= 15 is 0 Å². The molecule has 0 aliphatic heterocycles. The number of aromatic nitrogens is 3. The van der Waals surface area contributed by atoms with E-state index in [0.717, 1.165) is 27.9 Å². The highest BCUT2D eigenvalue weighted by Crippen LogP contribution is 2.23. The minimum absolute atomic E-state index is 0.0183. The van der Waals surface area contributed by atoms with Gasteiger partial charge in [0, 0.05) is 10.8 Å². The number of aromatic amines is 1. The topological polar surface area (TPSA) is 79.8 Å². The molecule has 0 aliphatic rings. The summed E-state index contributed by atoms with van der Waals surface area (Å²) in [5.74, 6) is 0.745. The number of carbonyl (C=O) groups excluding carboxylic acids is 1. The van der Waals surface area contributed by atoms with Crippen LogP contribution < -0.4 is 10.7 Å². The van der Waals surface area contributed by atoms with Gasteiger partial charge in [-0.1, -0.05) is 50.2 Å². The average Bonchev–Trinajstić information content (AvgIpc) is 3.24. The van der Waals surface area contributed by atoms with Crippen molar-refractivity contribution >= 4 is 38.7 Å². The van der Waals surface area contributed by atoms with Crippen LogP contribution in [0.1, 0.15) is 25.7 Å². The summed E-state index contributed by atoms with van der Waals surface area (Å²) in [6, 6.07) is 22.4. The second kappa shape index (κ2) is 7.96. The fourth-order valence-corrected chi connectivity index (χ4v) is 4.28. The normalized spacial score (nSPS) is 12.6. The minimum Gasteiger partial charge on any atom is -0.344 e. The Balaban J connectivity index is 1.52. The van der Waals surface area contributed by atoms with E-state index in [9.17, 15) is 9.59 Å². The third kappa shape index (κ3) is 3.43. The first-order chi connectivity index (χ1) is 15.5. The molecular weight excluding hydrogens is 400 g/mol. The lowest BCUT2D eigenvalue weighted by Gasteiger charge is -2.22. The molecule has 0 fully saturated rings. The number of hydrogen-bond acceptors (Lipinski definition) is 3. The molecule has 2 N–H and O–H groups in total. The van der Waals surface area contributed by atoms with E-state index in [4.69, 9.17) is 0 Å². The van der Waals surface area contributed by atoms with Crippen molar-refractivity contribution in [1.29, 1.82) is 0 Å². The van der Waals surface area contributed by atoms with Crippen molar-refractivity contribution in [3.05, 3.63) is 88.8 Å². The summed E-state index contributed by atoms with van der Waals surface area (Å²) in [5, 5.41) is 4.37. The number of benzene rings is 3. The van der Waals surface area contributed by atoms with Crippen molar-refractivity contribution < 1.29 is 4.79 Å². The molecule has 0 bridgehead atoms. The quantitative estimate of drug-likeness (QED) is 0.407. The zero-order chi connectivity index (χ0) is 22.2. The van der Waals surface area contributed by atoms with E-state index in [1.807, 2.05) is 77.4 Å². The number of pyridine rings is 1. The lowest BCUT2D eigenvalue weighted by atomic mass is 10.0. The van der Waals surface area contributed by atoms with Crippen molar-refractivity contribution in [2.45, 2.75) is 26.4 Å². The Morgan fingerprint density at radius 3 is 2.16 bits per heavy atom. The molecule has 3 aromatic carbocycles. The molecule has 6 heteroatoms. The van der Waals surface area contributed by atoms with Crippen molar-refractivity contribution in [1.82, 2.24) is 19.9 Å². The summed E-state index contributed by atoms with van der Waals surface area (Å²) in [4.78, 5) is 34.2. The summed E-state index contributed by atoms with van der Waals surface area (Å²) in [6.45, 7) is 4.22. The molecule has 0 spiro atoms. The Morgan fingerprint density at radius 1 is 0.938 bits per heavy atom. The summed E-state index contributed by atoms with van der Waals surface area (Å²) >= 11 is 0. The molecule has 1 amide bonds. The number of imidazole rings is 1. The molecule has 6 nitrogen and oxygen atoms in total. The van der Waals surface area contributed by atoms with E-state index in [2.05, 4.69) is 29.1 Å². The lowest BCUT2D eigenvalue weighted by molar-refractivity contribution is -0.122. The van der Waals surface area contributed by atoms with Gasteiger partial charge in [-0.05, 0) is 42.3 Å². The summed E-state index contributed by atoms with van der Waals surface area (Å²) in [7, 11) is 0. The fraction of sp³-hybridized carbons (Fsp3) is 0.192. The van der Waals surface area contributed by atoms with Crippen LogP contribution in [0.15, 0.2) is 77.6 Å². The Hall–Kier alpha value is -3.93. The third-order valence-electron chi connectivity index (χ3n) is 5.87. The second-order valence-electron chi connectivity index (χ2n) is 8.38. The molecule has 2 aromatic heterocycles. The van der Waals surface area contributed by atoms with Gasteiger partial charge in [-0.25, -0.2) is 4.98 Å². The van der Waals surface area contributed by atoms with E-state index in [1.165, 1.54) is 0 Å². The second-order valence-corrected chi connectivity index (χ2v) is 8.38. The maximum absolute atomic E-state index is 13.2. The number of carbonyl (C=O) groups is 1. The van der Waals surface area contributed by atoms with Gasteiger partial charge in [0.2, 0.25) is 5.91 Å². The van der Waals surface area contributed by atoms with Crippen molar-refractivity contribution in [3.8, 4) is 0 Å². The Bertz CT molecular complexity index is 1420. The lowest BCUT2D eigenvalue weighted by Crippen LogP contribution is -2.35. The van der Waals surface area contributed by atoms with Gasteiger partial charge < -0.3 is 14.9 Å². The number of H-pyrrole nitrogens is 1. The van der Waals surface area contributed by atoms with Crippen molar-refractivity contribution in [2.24, 2.45) is 5.92 Å². The van der Waals surface area contributed by atoms with Crippen molar-refractivity contribution in [3.63, 3.8) is 0 Å². The smallest absolute Gasteiger partial charge is 0.240 e. The molecule has 0 saturated carbocycles. The maximum Gasteiger partial charge on any atom is 0.240 e. The van der Waals surface area contributed by atoms with E-state index in [-0.39, 0.29) is 29.8 Å². The number of nitrogens with zero attached hydrogens (tertiary/aromatic N) is 2. The number of rotatable bonds is 5. The van der Waals surface area contributed by atoms with E-state index in [1.54, 1.807) is 0 Å². The number of hydrogen-bond donors (Lipinski definition) is 2. The zero-order valence-electron chi connectivity index (χ0n) is 18.0. The van der Waals surface area contributed by atoms with Crippen LogP contribution in [0.3, 0.4) is 0 Å². The number of nitrogens with one attached hydrogen (secondary N) is 2. The molecular formula is C26H24N4O2. The Morgan fingerprint density at radius 2 is 1.53 bits per heavy atom. The number of amides is 1. The number of para-hydroxylation sites is 4. The highest BCUT2D eigenvalue weighted by atomic mass is 16.2. The molecule has 160 valence electrons. The SMILES string of the molecule is CC(C)[C@@H](NC(=O)Cn1c2ccccc2c(=O)c2ccccc21)c1nc2ccccc2[nH]1. The Labute approximate surface area is 184 Å². The average molecular weight is 425 g/mol. The molecule has 1 atom stereocenters. The van der Waals surface area contributed by atoms with Crippen LogP contribution in [0, 0.1) is 5.92 Å². The van der Waals surface area contributed by atoms with Crippen LogP contribution in [0.2, 0.25) is 0 Å². The van der Waals surface area contributed by atoms with Crippen molar-refractivity contribution in [2.75, 3.05) is 0 Å². The summed E-state index contributed by atoms with van der Waals surface area (Å²) in [6.07, 6.45) is 0. The van der Waals surface area contributed by atoms with Gasteiger partial charge in [-0.15, -0.1) is 0 Å². The van der Waals surface area contributed by atoms with Gasteiger partial charge in [0.15, 0.2) is 5.43 Å². The molecule has 0 saturated heterocycles. The zero-order valence-corrected chi connectivity index (χ0v) is 18.0. The van der Waals surface area contributed by atoms with Gasteiger partial charge in [0.1, 0.15) is 12.4 Å². The molecule has 5 rings (SSSR count). The largest absolute Gasteiger partial charge is 0.344 e. The first-order valence-corrected chi connectivity index (χ1v) is 10.8. The van der Waals surface area contributed by atoms with Crippen LogP contribution in [0.25, 0.3) is 32.8 Å². The molecule has 0 unspecified atom stereocenters. The van der Waals surface area contributed by atoms with Gasteiger partial charge in [-0.3, -0.25) is 9.59 Å². The van der Waals surface area contributed by atoms with Crippen LogP contribution in [0.5, 0.6) is 0 Å². The predicted molar refractivity (Wildman–Crippen MR) is 128 cm³/mol. The number of fused-ring (bicyclic) bond motifs is 3. The monoisotopic (exact) mass is 424 g/mol. The van der Waals surface area contributed by atoms with Gasteiger partial charge >= 0.3 is 0 Å². The molecule has 32 heavy (non-hydrogen) atoms. The predicted octanol–water partition coefficient (Wildman–Crippen LogP) is 4.54. The highest BCUT2D eigenvalue weighted by Gasteiger charge is 2.22. The third-order valence-corrected chi connectivity index (χ3v) is 5.87. The van der Waals surface area contributed by atoms with E-state index < -0.39 is 0 Å². The summed E-state index contributed by atoms with van der Waals surface area (Å²) in [5.41, 5.74) is 3.29. The van der Waals surface area contributed by atoms with Crippen LogP contribution >= 0.6 is 0 Å². The fourth-order valence-electron chi connectivity index (χ4n) is 4.28. The van der Waals surface area contributed by atoms with Crippen LogP contribution in [-0.2, 0) is 11.3 Å². The van der Waals surface area contributed by atoms with E-state index in [0.29, 0.717) is 10.8 Å².